The summed E-state index contributed by atoms with van der Waals surface area (Å²) in [6.45, 7) is 3.77. The Hall–Kier alpha value is -2.60. The van der Waals surface area contributed by atoms with Gasteiger partial charge in [-0.25, -0.2) is 4.98 Å². The molecule has 0 radical (unpaired) electrons. The third-order valence-electron chi connectivity index (χ3n) is 4.25. The first-order valence-corrected chi connectivity index (χ1v) is 9.33. The third-order valence-corrected chi connectivity index (χ3v) is 5.40. The summed E-state index contributed by atoms with van der Waals surface area (Å²) in [7, 11) is 1.68. The third kappa shape index (κ3) is 3.80. The quantitative estimate of drug-likeness (QED) is 0.555. The van der Waals surface area contributed by atoms with E-state index in [9.17, 15) is 9.59 Å². The Labute approximate surface area is 156 Å². The first-order chi connectivity index (χ1) is 12.5. The normalized spacial score (nSPS) is 13.3. The molecule has 134 valence electrons. The molecule has 0 unspecified atom stereocenters. The Balaban J connectivity index is 1.76. The monoisotopic (exact) mass is 367 g/mol. The molecule has 6 heteroatoms. The highest BCUT2D eigenvalue weighted by atomic mass is 32.2. The fraction of sp³-hybridized carbons (Fsp3) is 0.250. The molecule has 2 atom stereocenters. The zero-order chi connectivity index (χ0) is 18.7. The lowest BCUT2D eigenvalue weighted by molar-refractivity contribution is -0.120. The van der Waals surface area contributed by atoms with Gasteiger partial charge in [0.25, 0.3) is 5.56 Å². The van der Waals surface area contributed by atoms with Crippen LogP contribution in [0, 0.1) is 0 Å². The number of fused-ring (bicyclic) bond motifs is 1. The standard InChI is InChI=1S/C20H21N3O2S/c1-13(15-9-5-4-6-10-15)21-18(24)14(2)26-20-22-17-12-8-7-11-16(17)19(25)23(20)3/h4-14H,1-3H3,(H,21,24)/t13-,14-/m1/s1. The van der Waals surface area contributed by atoms with Crippen molar-refractivity contribution in [2.24, 2.45) is 7.05 Å². The molecule has 0 saturated heterocycles. The van der Waals surface area contributed by atoms with Crippen LogP contribution in [0.4, 0.5) is 0 Å². The fourth-order valence-electron chi connectivity index (χ4n) is 2.67. The minimum Gasteiger partial charge on any atom is -0.349 e. The van der Waals surface area contributed by atoms with Crippen LogP contribution in [-0.4, -0.2) is 20.7 Å². The first-order valence-electron chi connectivity index (χ1n) is 8.45. The maximum atomic E-state index is 12.5. The summed E-state index contributed by atoms with van der Waals surface area (Å²) in [4.78, 5) is 29.6. The molecule has 26 heavy (non-hydrogen) atoms. The van der Waals surface area contributed by atoms with Crippen LogP contribution < -0.4 is 10.9 Å². The van der Waals surface area contributed by atoms with Crippen molar-refractivity contribution in [2.75, 3.05) is 0 Å². The Bertz CT molecular complexity index is 985. The van der Waals surface area contributed by atoms with Gasteiger partial charge >= 0.3 is 0 Å². The topological polar surface area (TPSA) is 64.0 Å². The van der Waals surface area contributed by atoms with Crippen molar-refractivity contribution in [1.29, 1.82) is 0 Å². The maximum Gasteiger partial charge on any atom is 0.261 e. The molecule has 0 spiro atoms. The van der Waals surface area contributed by atoms with E-state index in [4.69, 9.17) is 0 Å². The summed E-state index contributed by atoms with van der Waals surface area (Å²) in [6.07, 6.45) is 0. The highest BCUT2D eigenvalue weighted by Gasteiger charge is 2.20. The number of carbonyl (C=O) groups excluding carboxylic acids is 1. The highest BCUT2D eigenvalue weighted by Crippen LogP contribution is 2.23. The molecule has 3 rings (SSSR count). The van der Waals surface area contributed by atoms with E-state index in [0.29, 0.717) is 16.1 Å². The molecule has 1 aromatic heterocycles. The van der Waals surface area contributed by atoms with Crippen LogP contribution in [0.2, 0.25) is 0 Å². The lowest BCUT2D eigenvalue weighted by Crippen LogP contribution is -2.33. The van der Waals surface area contributed by atoms with Crippen molar-refractivity contribution in [3.05, 3.63) is 70.5 Å². The molecule has 0 aliphatic heterocycles. The number of benzene rings is 2. The van der Waals surface area contributed by atoms with Crippen LogP contribution in [0.25, 0.3) is 10.9 Å². The summed E-state index contributed by atoms with van der Waals surface area (Å²) in [5.41, 5.74) is 1.58. The van der Waals surface area contributed by atoms with E-state index in [0.717, 1.165) is 5.56 Å². The predicted molar refractivity (Wildman–Crippen MR) is 105 cm³/mol. The average molecular weight is 367 g/mol. The first kappa shape index (κ1) is 18.2. The van der Waals surface area contributed by atoms with E-state index in [-0.39, 0.29) is 22.8 Å². The summed E-state index contributed by atoms with van der Waals surface area (Å²) >= 11 is 1.28. The van der Waals surface area contributed by atoms with Crippen LogP contribution in [0.5, 0.6) is 0 Å². The van der Waals surface area contributed by atoms with Gasteiger partial charge in [-0.1, -0.05) is 54.2 Å². The number of amides is 1. The van der Waals surface area contributed by atoms with Crippen molar-refractivity contribution in [3.63, 3.8) is 0 Å². The van der Waals surface area contributed by atoms with Crippen molar-refractivity contribution in [3.8, 4) is 0 Å². The number of para-hydroxylation sites is 1. The summed E-state index contributed by atoms with van der Waals surface area (Å²) in [6, 6.07) is 17.0. The Morgan fingerprint density at radius 1 is 1.08 bits per heavy atom. The lowest BCUT2D eigenvalue weighted by Gasteiger charge is -2.18. The van der Waals surface area contributed by atoms with Crippen LogP contribution >= 0.6 is 11.8 Å². The van der Waals surface area contributed by atoms with Crippen LogP contribution in [0.15, 0.2) is 64.5 Å². The van der Waals surface area contributed by atoms with Crippen molar-refractivity contribution < 1.29 is 4.79 Å². The molecule has 0 saturated carbocycles. The van der Waals surface area contributed by atoms with Crippen LogP contribution in [-0.2, 0) is 11.8 Å². The molecule has 2 aromatic carbocycles. The summed E-state index contributed by atoms with van der Waals surface area (Å²) in [5, 5.41) is 3.75. The average Bonchev–Trinajstić information content (AvgIpc) is 2.66. The van der Waals surface area contributed by atoms with E-state index >= 15 is 0 Å². The van der Waals surface area contributed by atoms with E-state index in [1.165, 1.54) is 16.3 Å². The minimum atomic E-state index is -0.375. The molecule has 0 bridgehead atoms. The van der Waals surface area contributed by atoms with Crippen molar-refractivity contribution in [1.82, 2.24) is 14.9 Å². The van der Waals surface area contributed by atoms with Crippen LogP contribution in [0.3, 0.4) is 0 Å². The van der Waals surface area contributed by atoms with Gasteiger partial charge in [-0.05, 0) is 31.5 Å². The second kappa shape index (κ2) is 7.74. The summed E-state index contributed by atoms with van der Waals surface area (Å²) < 4.78 is 1.50. The van der Waals surface area contributed by atoms with Gasteiger partial charge in [0.1, 0.15) is 0 Å². The largest absolute Gasteiger partial charge is 0.349 e. The van der Waals surface area contributed by atoms with E-state index in [1.54, 1.807) is 13.1 Å². The van der Waals surface area contributed by atoms with Gasteiger partial charge in [0.2, 0.25) is 5.91 Å². The number of carbonyl (C=O) groups is 1. The van der Waals surface area contributed by atoms with E-state index < -0.39 is 0 Å². The molecule has 5 nitrogen and oxygen atoms in total. The zero-order valence-corrected chi connectivity index (χ0v) is 15.8. The number of thioether (sulfide) groups is 1. The highest BCUT2D eigenvalue weighted by molar-refractivity contribution is 8.00. The Morgan fingerprint density at radius 3 is 2.46 bits per heavy atom. The number of nitrogens with one attached hydrogen (secondary N) is 1. The molecule has 0 aliphatic rings. The minimum absolute atomic E-state index is 0.0832. The molecule has 1 N–H and O–H groups in total. The van der Waals surface area contributed by atoms with E-state index in [1.807, 2.05) is 62.4 Å². The molecule has 1 amide bonds. The summed E-state index contributed by atoms with van der Waals surface area (Å²) in [5.74, 6) is -0.0891. The maximum absolute atomic E-state index is 12.5. The predicted octanol–water partition coefficient (Wildman–Crippen LogP) is 3.29. The second-order valence-electron chi connectivity index (χ2n) is 6.18. The van der Waals surface area contributed by atoms with Crippen LogP contribution in [0.1, 0.15) is 25.5 Å². The van der Waals surface area contributed by atoms with Gasteiger partial charge in [0.05, 0.1) is 22.2 Å². The Morgan fingerprint density at radius 2 is 1.73 bits per heavy atom. The number of nitrogens with zero attached hydrogens (tertiary/aromatic N) is 2. The molecular formula is C20H21N3O2S. The fourth-order valence-corrected chi connectivity index (χ4v) is 3.55. The molecule has 1 heterocycles. The van der Waals surface area contributed by atoms with Gasteiger partial charge in [-0.3, -0.25) is 14.2 Å². The number of rotatable bonds is 5. The molecule has 0 fully saturated rings. The molecule has 0 aliphatic carbocycles. The van der Waals surface area contributed by atoms with Crippen molar-refractivity contribution >= 4 is 28.6 Å². The Kier molecular flexibility index (Phi) is 5.42. The number of aromatic nitrogens is 2. The zero-order valence-electron chi connectivity index (χ0n) is 15.0. The second-order valence-corrected chi connectivity index (χ2v) is 7.48. The molecule has 3 aromatic rings. The lowest BCUT2D eigenvalue weighted by atomic mass is 10.1. The van der Waals surface area contributed by atoms with Gasteiger partial charge < -0.3 is 5.32 Å². The van der Waals surface area contributed by atoms with Gasteiger partial charge in [-0.2, -0.15) is 0 Å². The van der Waals surface area contributed by atoms with Gasteiger partial charge in [0.15, 0.2) is 5.16 Å². The smallest absolute Gasteiger partial charge is 0.261 e. The van der Waals surface area contributed by atoms with Gasteiger partial charge in [0, 0.05) is 7.05 Å². The number of hydrogen-bond acceptors (Lipinski definition) is 4. The SMILES string of the molecule is C[C@@H](Sc1nc2ccccc2c(=O)n1C)C(=O)N[C@H](C)c1ccccc1. The molecular weight excluding hydrogens is 346 g/mol. The van der Waals surface area contributed by atoms with Crippen molar-refractivity contribution in [2.45, 2.75) is 30.3 Å². The van der Waals surface area contributed by atoms with Gasteiger partial charge in [-0.15, -0.1) is 0 Å². The number of hydrogen-bond donors (Lipinski definition) is 1. The van der Waals surface area contributed by atoms with E-state index in [2.05, 4.69) is 10.3 Å².